The van der Waals surface area contributed by atoms with E-state index in [1.165, 1.54) is 5.56 Å². The number of aryl methyl sites for hydroxylation is 1. The van der Waals surface area contributed by atoms with Crippen molar-refractivity contribution >= 4 is 5.91 Å². The van der Waals surface area contributed by atoms with Gasteiger partial charge in [-0.1, -0.05) is 30.3 Å². The second-order valence-electron chi connectivity index (χ2n) is 5.61. The Kier molecular flexibility index (Phi) is 5.73. The summed E-state index contributed by atoms with van der Waals surface area (Å²) in [6.45, 7) is 2.73. The first-order valence-electron chi connectivity index (χ1n) is 7.44. The van der Waals surface area contributed by atoms with Crippen molar-refractivity contribution < 1.29 is 14.6 Å². The molecule has 1 saturated heterocycles. The Balaban J connectivity index is 1.89. The SMILES string of the molecule is CC1COC(CO)CN1C(=O)C(N)CCc1ccccc1. The van der Waals surface area contributed by atoms with Crippen LogP contribution in [0.3, 0.4) is 0 Å². The molecule has 0 aromatic heterocycles. The van der Waals surface area contributed by atoms with Crippen LogP contribution in [0.15, 0.2) is 30.3 Å². The van der Waals surface area contributed by atoms with Crippen LogP contribution in [0.4, 0.5) is 0 Å². The maximum atomic E-state index is 12.5. The molecular weight excluding hydrogens is 268 g/mol. The zero-order valence-corrected chi connectivity index (χ0v) is 12.4. The molecule has 3 N–H and O–H groups in total. The molecule has 0 bridgehead atoms. The molecule has 0 aliphatic carbocycles. The van der Waals surface area contributed by atoms with Gasteiger partial charge in [0.2, 0.25) is 5.91 Å². The minimum absolute atomic E-state index is 0.00285. The average molecular weight is 292 g/mol. The topological polar surface area (TPSA) is 75.8 Å². The van der Waals surface area contributed by atoms with E-state index in [4.69, 9.17) is 10.5 Å². The van der Waals surface area contributed by atoms with Gasteiger partial charge >= 0.3 is 0 Å². The first kappa shape index (κ1) is 15.9. The average Bonchev–Trinajstić information content (AvgIpc) is 2.53. The van der Waals surface area contributed by atoms with Gasteiger partial charge < -0.3 is 20.5 Å². The fourth-order valence-corrected chi connectivity index (χ4v) is 2.54. The number of hydrogen-bond donors (Lipinski definition) is 2. The van der Waals surface area contributed by atoms with E-state index in [-0.39, 0.29) is 24.7 Å². The molecule has 3 atom stereocenters. The minimum atomic E-state index is -0.509. The number of carbonyl (C=O) groups excluding carboxylic acids is 1. The number of hydrogen-bond acceptors (Lipinski definition) is 4. The molecule has 21 heavy (non-hydrogen) atoms. The molecule has 0 radical (unpaired) electrons. The van der Waals surface area contributed by atoms with E-state index in [2.05, 4.69) is 0 Å². The van der Waals surface area contributed by atoms with Gasteiger partial charge in [0.05, 0.1) is 31.4 Å². The van der Waals surface area contributed by atoms with Crippen LogP contribution >= 0.6 is 0 Å². The van der Waals surface area contributed by atoms with Gasteiger partial charge in [0.25, 0.3) is 0 Å². The minimum Gasteiger partial charge on any atom is -0.394 e. The number of nitrogens with zero attached hydrogens (tertiary/aromatic N) is 1. The Morgan fingerprint density at radius 1 is 1.48 bits per heavy atom. The smallest absolute Gasteiger partial charge is 0.239 e. The van der Waals surface area contributed by atoms with Crippen LogP contribution in [0.5, 0.6) is 0 Å². The molecule has 1 aliphatic rings. The van der Waals surface area contributed by atoms with Gasteiger partial charge in [-0.15, -0.1) is 0 Å². The standard InChI is InChI=1S/C16H24N2O3/c1-12-11-21-14(10-19)9-18(12)16(20)15(17)8-7-13-5-3-2-4-6-13/h2-6,12,14-15,19H,7-11,17H2,1H3. The first-order chi connectivity index (χ1) is 10.1. The third-order valence-corrected chi connectivity index (χ3v) is 3.90. The summed E-state index contributed by atoms with van der Waals surface area (Å²) in [5.41, 5.74) is 7.23. The number of morpholine rings is 1. The fourth-order valence-electron chi connectivity index (χ4n) is 2.54. The molecule has 5 nitrogen and oxygen atoms in total. The van der Waals surface area contributed by atoms with Gasteiger partial charge in [-0.2, -0.15) is 0 Å². The predicted molar refractivity (Wildman–Crippen MR) is 80.7 cm³/mol. The van der Waals surface area contributed by atoms with Gasteiger partial charge in [0, 0.05) is 6.54 Å². The molecular formula is C16H24N2O3. The lowest BCUT2D eigenvalue weighted by Crippen LogP contribution is -2.56. The van der Waals surface area contributed by atoms with Crippen LogP contribution in [0.1, 0.15) is 18.9 Å². The predicted octanol–water partition coefficient (Wildman–Crippen LogP) is 0.555. The highest BCUT2D eigenvalue weighted by molar-refractivity contribution is 5.82. The number of benzene rings is 1. The highest BCUT2D eigenvalue weighted by Crippen LogP contribution is 2.14. The number of aliphatic hydroxyl groups is 1. The van der Waals surface area contributed by atoms with Crippen molar-refractivity contribution in [2.24, 2.45) is 5.73 Å². The summed E-state index contributed by atoms with van der Waals surface area (Å²) in [5, 5.41) is 9.17. The molecule has 1 fully saturated rings. The Labute approximate surface area is 125 Å². The van der Waals surface area contributed by atoms with Crippen molar-refractivity contribution in [3.63, 3.8) is 0 Å². The number of aliphatic hydroxyl groups excluding tert-OH is 1. The third-order valence-electron chi connectivity index (χ3n) is 3.90. The number of carbonyl (C=O) groups is 1. The second-order valence-corrected chi connectivity index (χ2v) is 5.61. The molecule has 1 aromatic carbocycles. The highest BCUT2D eigenvalue weighted by atomic mass is 16.5. The second kappa shape index (κ2) is 7.54. The van der Waals surface area contributed by atoms with Crippen LogP contribution in [-0.4, -0.2) is 53.9 Å². The molecule has 5 heteroatoms. The van der Waals surface area contributed by atoms with Gasteiger partial charge in [-0.25, -0.2) is 0 Å². The fraction of sp³-hybridized carbons (Fsp3) is 0.562. The van der Waals surface area contributed by atoms with E-state index < -0.39 is 6.04 Å². The maximum absolute atomic E-state index is 12.5. The molecule has 2 rings (SSSR count). The monoisotopic (exact) mass is 292 g/mol. The van der Waals surface area contributed by atoms with Crippen molar-refractivity contribution in [1.82, 2.24) is 4.90 Å². The van der Waals surface area contributed by atoms with Crippen LogP contribution in [0.2, 0.25) is 0 Å². The van der Waals surface area contributed by atoms with Crippen molar-refractivity contribution in [2.75, 3.05) is 19.8 Å². The van der Waals surface area contributed by atoms with E-state index in [9.17, 15) is 9.90 Å². The zero-order valence-electron chi connectivity index (χ0n) is 12.4. The number of rotatable bonds is 5. The van der Waals surface area contributed by atoms with Gasteiger partial charge in [0.1, 0.15) is 0 Å². The van der Waals surface area contributed by atoms with E-state index >= 15 is 0 Å². The lowest BCUT2D eigenvalue weighted by molar-refractivity contribution is -0.147. The highest BCUT2D eigenvalue weighted by Gasteiger charge is 2.31. The number of ether oxygens (including phenoxy) is 1. The molecule has 0 saturated carbocycles. The van der Waals surface area contributed by atoms with Crippen molar-refractivity contribution in [2.45, 2.75) is 38.0 Å². The van der Waals surface area contributed by atoms with E-state index in [1.54, 1.807) is 4.90 Å². The van der Waals surface area contributed by atoms with Gasteiger partial charge in [-0.05, 0) is 25.3 Å². The summed E-state index contributed by atoms with van der Waals surface area (Å²) < 4.78 is 5.44. The Morgan fingerprint density at radius 2 is 2.19 bits per heavy atom. The Bertz CT molecular complexity index is 452. The normalized spacial score (nSPS) is 23.9. The summed E-state index contributed by atoms with van der Waals surface area (Å²) in [7, 11) is 0. The largest absolute Gasteiger partial charge is 0.394 e. The summed E-state index contributed by atoms with van der Waals surface area (Å²) in [5.74, 6) is -0.0554. The van der Waals surface area contributed by atoms with Gasteiger partial charge in [0.15, 0.2) is 0 Å². The van der Waals surface area contributed by atoms with Crippen molar-refractivity contribution in [1.29, 1.82) is 0 Å². The lowest BCUT2D eigenvalue weighted by Gasteiger charge is -2.38. The Morgan fingerprint density at radius 3 is 2.86 bits per heavy atom. The molecule has 3 unspecified atom stereocenters. The lowest BCUT2D eigenvalue weighted by atomic mass is 10.0. The van der Waals surface area contributed by atoms with Crippen molar-refractivity contribution in [3.8, 4) is 0 Å². The van der Waals surface area contributed by atoms with Crippen LogP contribution in [-0.2, 0) is 16.0 Å². The molecule has 116 valence electrons. The summed E-state index contributed by atoms with van der Waals surface area (Å²) >= 11 is 0. The summed E-state index contributed by atoms with van der Waals surface area (Å²) in [6.07, 6.45) is 1.11. The Hall–Kier alpha value is -1.43. The molecule has 1 aliphatic heterocycles. The quantitative estimate of drug-likeness (QED) is 0.831. The maximum Gasteiger partial charge on any atom is 0.239 e. The molecule has 1 amide bonds. The first-order valence-corrected chi connectivity index (χ1v) is 7.44. The van der Waals surface area contributed by atoms with E-state index in [0.29, 0.717) is 19.6 Å². The molecule has 1 aromatic rings. The number of amides is 1. The summed E-state index contributed by atoms with van der Waals surface area (Å²) in [6, 6.07) is 9.51. The number of nitrogens with two attached hydrogens (primary N) is 1. The van der Waals surface area contributed by atoms with E-state index in [0.717, 1.165) is 6.42 Å². The van der Waals surface area contributed by atoms with Gasteiger partial charge in [-0.3, -0.25) is 4.79 Å². The molecule has 1 heterocycles. The van der Waals surface area contributed by atoms with Crippen LogP contribution in [0.25, 0.3) is 0 Å². The van der Waals surface area contributed by atoms with Crippen molar-refractivity contribution in [3.05, 3.63) is 35.9 Å². The van der Waals surface area contributed by atoms with E-state index in [1.807, 2.05) is 37.3 Å². The summed E-state index contributed by atoms with van der Waals surface area (Å²) in [4.78, 5) is 14.2. The third kappa shape index (κ3) is 4.27. The molecule has 0 spiro atoms. The van der Waals surface area contributed by atoms with Crippen LogP contribution < -0.4 is 5.73 Å². The van der Waals surface area contributed by atoms with Crippen LogP contribution in [0, 0.1) is 0 Å². The zero-order chi connectivity index (χ0) is 15.2.